The fourth-order valence-electron chi connectivity index (χ4n) is 4.98. The lowest BCUT2D eigenvalue weighted by molar-refractivity contribution is -0.158. The van der Waals surface area contributed by atoms with Gasteiger partial charge in [0.1, 0.15) is 24.2 Å². The number of ether oxygens (including phenoxy) is 1. The molecule has 5 bridgehead atoms. The van der Waals surface area contributed by atoms with Crippen LogP contribution >= 0.6 is 0 Å². The van der Waals surface area contributed by atoms with Crippen molar-refractivity contribution < 1.29 is 33.8 Å². The fourth-order valence-corrected chi connectivity index (χ4v) is 4.98. The first-order valence-corrected chi connectivity index (χ1v) is 14.5. The molecule has 3 heterocycles. The fraction of sp³-hybridized carbons (Fsp3) is 0.484. The first kappa shape index (κ1) is 31.6. The molecule has 12 nitrogen and oxygen atoms in total. The van der Waals surface area contributed by atoms with Crippen molar-refractivity contribution in [1.29, 1.82) is 0 Å². The minimum atomic E-state index is -1.44. The van der Waals surface area contributed by atoms with Crippen LogP contribution in [0.5, 0.6) is 0 Å². The highest BCUT2D eigenvalue weighted by atomic mass is 16.5. The average Bonchev–Trinajstić information content (AvgIpc) is 2.96. The molecule has 0 saturated carbocycles. The maximum atomic E-state index is 13.5. The van der Waals surface area contributed by atoms with E-state index in [9.17, 15) is 29.1 Å². The molecule has 0 aliphatic carbocycles. The minimum Gasteiger partial charge on any atom is -0.481 e. The summed E-state index contributed by atoms with van der Waals surface area (Å²) in [5.74, 6) is -4.08. The number of benzene rings is 1. The number of aromatic nitrogens is 1. The van der Waals surface area contributed by atoms with Crippen LogP contribution < -0.4 is 16.1 Å². The number of nitrogens with zero attached hydrogens (tertiary/aromatic N) is 2. The van der Waals surface area contributed by atoms with Gasteiger partial charge in [0.15, 0.2) is 0 Å². The van der Waals surface area contributed by atoms with Gasteiger partial charge in [0.05, 0.1) is 23.0 Å². The summed E-state index contributed by atoms with van der Waals surface area (Å²) in [5, 5.41) is 16.9. The van der Waals surface area contributed by atoms with E-state index in [1.54, 1.807) is 52.8 Å². The van der Waals surface area contributed by atoms with Crippen molar-refractivity contribution in [2.75, 3.05) is 6.54 Å². The van der Waals surface area contributed by atoms with Crippen molar-refractivity contribution in [3.8, 4) is 0 Å². The third-order valence-electron chi connectivity index (χ3n) is 7.69. The number of hydrogen-bond donors (Lipinski definition) is 4. The maximum Gasteiger partial charge on any atom is 0.325 e. The van der Waals surface area contributed by atoms with E-state index < -0.39 is 65.7 Å². The Hall–Kier alpha value is -4.32. The van der Waals surface area contributed by atoms with E-state index >= 15 is 0 Å². The molecule has 4 unspecified atom stereocenters. The van der Waals surface area contributed by atoms with Crippen LogP contribution in [0.15, 0.2) is 36.4 Å². The number of pyridine rings is 1. The van der Waals surface area contributed by atoms with Gasteiger partial charge < -0.3 is 20.5 Å². The van der Waals surface area contributed by atoms with Crippen molar-refractivity contribution in [2.24, 2.45) is 11.3 Å². The highest BCUT2D eigenvalue weighted by Gasteiger charge is 2.37. The van der Waals surface area contributed by atoms with Crippen LogP contribution in [0.3, 0.4) is 0 Å². The minimum absolute atomic E-state index is 0.198. The molecule has 0 spiro atoms. The largest absolute Gasteiger partial charge is 0.481 e. The van der Waals surface area contributed by atoms with Gasteiger partial charge in [0.2, 0.25) is 11.8 Å². The van der Waals surface area contributed by atoms with Gasteiger partial charge in [-0.25, -0.2) is 10.4 Å². The second kappa shape index (κ2) is 12.9. The molecule has 2 aromatic rings. The average molecular weight is 594 g/mol. The lowest BCUT2D eigenvalue weighted by Crippen LogP contribution is -2.62. The molecule has 1 fully saturated rings. The summed E-state index contributed by atoms with van der Waals surface area (Å²) >= 11 is 0. The van der Waals surface area contributed by atoms with E-state index in [0.717, 1.165) is 16.0 Å². The number of carboxylic acids is 1. The van der Waals surface area contributed by atoms with E-state index in [4.69, 9.17) is 9.72 Å². The summed E-state index contributed by atoms with van der Waals surface area (Å²) in [7, 11) is 0. The van der Waals surface area contributed by atoms with E-state index in [1.165, 1.54) is 0 Å². The molecule has 0 radical (unpaired) electrons. The molecule has 4 rings (SSSR count). The highest BCUT2D eigenvalue weighted by Crippen LogP contribution is 2.25. The number of carbonyl (C=O) groups is 5. The highest BCUT2D eigenvalue weighted by molar-refractivity contribution is 5.95. The third kappa shape index (κ3) is 7.56. The number of amides is 3. The summed E-state index contributed by atoms with van der Waals surface area (Å²) in [6, 6.07) is 6.02. The van der Waals surface area contributed by atoms with Gasteiger partial charge in [0, 0.05) is 11.9 Å². The van der Waals surface area contributed by atoms with Crippen LogP contribution in [0.4, 0.5) is 0 Å². The molecule has 3 amide bonds. The zero-order valence-corrected chi connectivity index (χ0v) is 25.0. The number of cyclic esters (lactones) is 1. The smallest absolute Gasteiger partial charge is 0.325 e. The first-order chi connectivity index (χ1) is 20.2. The van der Waals surface area contributed by atoms with Gasteiger partial charge in [-0.2, -0.15) is 0 Å². The topological polar surface area (TPSA) is 167 Å². The van der Waals surface area contributed by atoms with Gasteiger partial charge >= 0.3 is 11.9 Å². The van der Waals surface area contributed by atoms with Crippen molar-refractivity contribution in [3.63, 3.8) is 0 Å². The number of hydrogen-bond acceptors (Lipinski definition) is 8. The maximum absolute atomic E-state index is 13.5. The number of aliphatic carboxylic acids is 1. The van der Waals surface area contributed by atoms with Gasteiger partial charge in [-0.3, -0.25) is 29.0 Å². The molecule has 1 aromatic carbocycles. The predicted molar refractivity (Wildman–Crippen MR) is 158 cm³/mol. The number of nitrogens with one attached hydrogen (secondary N) is 3. The standard InChI is InChI=1S/C31H39N5O7/c1-17(2)26-27(39)33-24(16-25(37)38)28(40)36-14-6-7-22(35-36)29(41)43-18(3)21-11-10-20-9-8-19(15-23(20)32-21)12-13-31(4,5)30(42)34-26/h8-13,15,17-18,22,24,26,35H,6-7,14,16H2,1-5H3,(H,33,39)(H,34,42)(H,37,38). The van der Waals surface area contributed by atoms with E-state index in [0.29, 0.717) is 24.1 Å². The number of carbonyl (C=O) groups excluding carboxylic acids is 4. The molecule has 2 aliphatic heterocycles. The van der Waals surface area contributed by atoms with Crippen LogP contribution in [-0.2, 0) is 28.7 Å². The number of hydrazine groups is 1. The number of esters is 1. The number of rotatable bonds is 3. The van der Waals surface area contributed by atoms with Crippen molar-refractivity contribution in [1.82, 2.24) is 26.1 Å². The quantitative estimate of drug-likeness (QED) is 0.391. The van der Waals surface area contributed by atoms with Crippen LogP contribution in [0.2, 0.25) is 0 Å². The molecule has 1 aromatic heterocycles. The van der Waals surface area contributed by atoms with E-state index in [2.05, 4.69) is 16.1 Å². The van der Waals surface area contributed by atoms with Gasteiger partial charge in [-0.05, 0) is 57.2 Å². The van der Waals surface area contributed by atoms with Gasteiger partial charge in [-0.15, -0.1) is 0 Å². The van der Waals surface area contributed by atoms with Crippen LogP contribution in [0.1, 0.15) is 71.2 Å². The van der Waals surface area contributed by atoms with E-state index in [-0.39, 0.29) is 12.5 Å². The molecule has 2 aliphatic rings. The Labute approximate surface area is 250 Å². The second-order valence-corrected chi connectivity index (χ2v) is 12.0. The molecule has 43 heavy (non-hydrogen) atoms. The van der Waals surface area contributed by atoms with Gasteiger partial charge in [0.25, 0.3) is 5.91 Å². The summed E-state index contributed by atoms with van der Waals surface area (Å²) in [6.07, 6.45) is 2.99. The van der Waals surface area contributed by atoms with Crippen LogP contribution in [0, 0.1) is 11.3 Å². The number of carboxylic acid groups (broad SMARTS) is 1. The third-order valence-corrected chi connectivity index (χ3v) is 7.69. The molecule has 230 valence electrons. The number of fused-ring (bicyclic) bond motifs is 4. The van der Waals surface area contributed by atoms with Crippen molar-refractivity contribution >= 4 is 46.6 Å². The Morgan fingerprint density at radius 1 is 1.14 bits per heavy atom. The normalized spacial score (nSPS) is 25.3. The Kier molecular flexibility index (Phi) is 9.49. The second-order valence-electron chi connectivity index (χ2n) is 12.0. The molecule has 12 heteroatoms. The Balaban J connectivity index is 1.73. The molecule has 1 saturated heterocycles. The van der Waals surface area contributed by atoms with Crippen molar-refractivity contribution in [3.05, 3.63) is 47.7 Å². The monoisotopic (exact) mass is 593 g/mol. The van der Waals surface area contributed by atoms with Crippen molar-refractivity contribution in [2.45, 2.75) is 78.1 Å². The van der Waals surface area contributed by atoms with E-state index in [1.807, 2.05) is 24.3 Å². The Morgan fingerprint density at radius 2 is 1.86 bits per heavy atom. The molecule has 4 N–H and O–H groups in total. The Morgan fingerprint density at radius 3 is 2.56 bits per heavy atom. The molecular weight excluding hydrogens is 554 g/mol. The first-order valence-electron chi connectivity index (χ1n) is 14.5. The SMILES string of the molecule is CC1OC(=O)C2CCCN(N2)C(=O)C(CC(=O)O)NC(=O)C(C(C)C)NC(=O)C(C)(C)C=Cc2ccc3ccc1nc3c2. The summed E-state index contributed by atoms with van der Waals surface area (Å²) in [6.45, 7) is 8.81. The van der Waals surface area contributed by atoms with Crippen LogP contribution in [-0.4, -0.2) is 69.4 Å². The molecule has 4 atom stereocenters. The summed E-state index contributed by atoms with van der Waals surface area (Å²) in [5.41, 5.74) is 3.85. The summed E-state index contributed by atoms with van der Waals surface area (Å²) < 4.78 is 5.72. The summed E-state index contributed by atoms with van der Waals surface area (Å²) in [4.78, 5) is 69.7. The lowest BCUT2D eigenvalue weighted by Gasteiger charge is -2.35. The van der Waals surface area contributed by atoms with Gasteiger partial charge in [-0.1, -0.05) is 44.2 Å². The lowest BCUT2D eigenvalue weighted by atomic mass is 9.89. The molecular formula is C31H39N5O7. The zero-order valence-electron chi connectivity index (χ0n) is 25.0. The zero-order chi connectivity index (χ0) is 31.5. The Bertz CT molecular complexity index is 1450. The van der Waals surface area contributed by atoms with Crippen LogP contribution in [0.25, 0.3) is 17.0 Å². The predicted octanol–water partition coefficient (Wildman–Crippen LogP) is 2.49.